The van der Waals surface area contributed by atoms with E-state index in [1.807, 2.05) is 26.8 Å². The van der Waals surface area contributed by atoms with Crippen molar-refractivity contribution in [2.45, 2.75) is 57.5 Å². The first-order valence-corrected chi connectivity index (χ1v) is 16.2. The molecule has 3 aromatic rings. The Hall–Kier alpha value is -3.76. The first-order chi connectivity index (χ1) is 20.6. The molecule has 1 atom stereocenters. The van der Waals surface area contributed by atoms with E-state index in [2.05, 4.69) is 5.32 Å². The standard InChI is InChI=1S/C32H40ClN3O6S/c1-5-8-20-34-32(38)30(6-2)35(22-24-10-9-11-28(21-24)41-4)31(37)23-36(26-14-16-27(17-15-26)42-7-3)43(39,40)29-18-12-25(33)13-19-29/h9-19,21,30H,5-8,20,22-23H2,1-4H3,(H,34,38)/t30-/m1/s1. The minimum Gasteiger partial charge on any atom is -0.497 e. The van der Waals surface area contributed by atoms with E-state index >= 15 is 0 Å². The van der Waals surface area contributed by atoms with Gasteiger partial charge < -0.3 is 19.7 Å². The summed E-state index contributed by atoms with van der Waals surface area (Å²) in [4.78, 5) is 28.9. The molecule has 0 aliphatic heterocycles. The van der Waals surface area contributed by atoms with Crippen molar-refractivity contribution in [1.82, 2.24) is 10.2 Å². The van der Waals surface area contributed by atoms with E-state index in [0.29, 0.717) is 36.1 Å². The number of halogens is 1. The fourth-order valence-corrected chi connectivity index (χ4v) is 6.07. The molecule has 9 nitrogen and oxygen atoms in total. The second-order valence-corrected chi connectivity index (χ2v) is 12.1. The van der Waals surface area contributed by atoms with E-state index in [4.69, 9.17) is 21.1 Å². The molecule has 1 N–H and O–H groups in total. The molecule has 43 heavy (non-hydrogen) atoms. The third-order valence-corrected chi connectivity index (χ3v) is 8.86. The smallest absolute Gasteiger partial charge is 0.264 e. The zero-order valence-corrected chi connectivity index (χ0v) is 26.7. The number of ether oxygens (including phenoxy) is 2. The average Bonchev–Trinajstić information content (AvgIpc) is 3.00. The molecule has 0 bridgehead atoms. The molecule has 3 rings (SSSR count). The van der Waals surface area contributed by atoms with Crippen LogP contribution in [-0.4, -0.2) is 58.0 Å². The van der Waals surface area contributed by atoms with Crippen LogP contribution in [0, 0.1) is 0 Å². The van der Waals surface area contributed by atoms with E-state index in [0.717, 1.165) is 22.7 Å². The van der Waals surface area contributed by atoms with Crippen molar-refractivity contribution in [1.29, 1.82) is 0 Å². The summed E-state index contributed by atoms with van der Waals surface area (Å²) in [6.45, 7) is 6.17. The third kappa shape index (κ3) is 9.11. The Morgan fingerprint density at radius 3 is 2.26 bits per heavy atom. The van der Waals surface area contributed by atoms with Crippen LogP contribution in [0.15, 0.2) is 77.7 Å². The number of anilines is 1. The van der Waals surface area contributed by atoms with Gasteiger partial charge >= 0.3 is 0 Å². The maximum absolute atomic E-state index is 14.2. The molecule has 0 radical (unpaired) electrons. The first-order valence-electron chi connectivity index (χ1n) is 14.4. The highest BCUT2D eigenvalue weighted by molar-refractivity contribution is 7.92. The van der Waals surface area contributed by atoms with Crippen LogP contribution in [0.2, 0.25) is 5.02 Å². The summed E-state index contributed by atoms with van der Waals surface area (Å²) in [5.74, 6) is 0.342. The fraction of sp³-hybridized carbons (Fsp3) is 0.375. The van der Waals surface area contributed by atoms with Crippen molar-refractivity contribution in [2.75, 3.05) is 31.1 Å². The van der Waals surface area contributed by atoms with Gasteiger partial charge in [-0.25, -0.2) is 8.42 Å². The number of carbonyl (C=O) groups is 2. The predicted octanol–water partition coefficient (Wildman–Crippen LogP) is 5.67. The van der Waals surface area contributed by atoms with Crippen molar-refractivity contribution in [3.63, 3.8) is 0 Å². The first kappa shape index (κ1) is 33.7. The fourth-order valence-electron chi connectivity index (χ4n) is 4.53. The molecular formula is C32H40ClN3O6S. The average molecular weight is 630 g/mol. The Labute approximate surface area is 259 Å². The van der Waals surface area contributed by atoms with Crippen LogP contribution < -0.4 is 19.1 Å². The van der Waals surface area contributed by atoms with Gasteiger partial charge in [0.25, 0.3) is 10.0 Å². The molecule has 0 heterocycles. The van der Waals surface area contributed by atoms with Crippen LogP contribution in [-0.2, 0) is 26.2 Å². The summed E-state index contributed by atoms with van der Waals surface area (Å²) in [6.07, 6.45) is 2.04. The molecule has 0 fully saturated rings. The van der Waals surface area contributed by atoms with Gasteiger partial charge in [0.05, 0.1) is 24.3 Å². The van der Waals surface area contributed by atoms with Crippen LogP contribution in [0.25, 0.3) is 0 Å². The largest absolute Gasteiger partial charge is 0.497 e. The van der Waals surface area contributed by atoms with Gasteiger partial charge in [-0.05, 0) is 86.0 Å². The number of methoxy groups -OCH3 is 1. The molecule has 0 saturated carbocycles. The number of carbonyl (C=O) groups excluding carboxylic acids is 2. The van der Waals surface area contributed by atoms with Crippen molar-refractivity contribution in [2.24, 2.45) is 0 Å². The van der Waals surface area contributed by atoms with Crippen LogP contribution in [0.3, 0.4) is 0 Å². The molecule has 3 aromatic carbocycles. The Balaban J connectivity index is 2.05. The molecular weight excluding hydrogens is 590 g/mol. The lowest BCUT2D eigenvalue weighted by atomic mass is 10.1. The molecule has 0 spiro atoms. The number of amides is 2. The summed E-state index contributed by atoms with van der Waals surface area (Å²) in [5, 5.41) is 3.31. The summed E-state index contributed by atoms with van der Waals surface area (Å²) >= 11 is 6.03. The quantitative estimate of drug-likeness (QED) is 0.205. The van der Waals surface area contributed by atoms with Crippen molar-refractivity contribution < 1.29 is 27.5 Å². The predicted molar refractivity (Wildman–Crippen MR) is 169 cm³/mol. The highest BCUT2D eigenvalue weighted by atomic mass is 35.5. The zero-order valence-electron chi connectivity index (χ0n) is 25.1. The van der Waals surface area contributed by atoms with E-state index < -0.39 is 28.5 Å². The maximum Gasteiger partial charge on any atom is 0.264 e. The normalized spacial score (nSPS) is 11.8. The highest BCUT2D eigenvalue weighted by Gasteiger charge is 2.33. The zero-order chi connectivity index (χ0) is 31.4. The minimum atomic E-state index is -4.21. The molecule has 0 unspecified atom stereocenters. The summed E-state index contributed by atoms with van der Waals surface area (Å²) < 4.78 is 39.9. The SMILES string of the molecule is CCCCNC(=O)[C@@H](CC)N(Cc1cccc(OC)c1)C(=O)CN(c1ccc(OCC)cc1)S(=O)(=O)c1ccc(Cl)cc1. The number of nitrogens with one attached hydrogen (secondary N) is 1. The lowest BCUT2D eigenvalue weighted by Crippen LogP contribution is -2.52. The van der Waals surface area contributed by atoms with Crippen LogP contribution >= 0.6 is 11.6 Å². The van der Waals surface area contributed by atoms with Crippen LogP contribution in [0.1, 0.15) is 45.6 Å². The summed E-state index contributed by atoms with van der Waals surface area (Å²) in [6, 6.07) is 18.6. The minimum absolute atomic E-state index is 0.0257. The number of sulfonamides is 1. The van der Waals surface area contributed by atoms with Crippen molar-refractivity contribution >= 4 is 39.1 Å². The number of nitrogens with zero attached hydrogens (tertiary/aromatic N) is 2. The van der Waals surface area contributed by atoms with Gasteiger partial charge in [-0.2, -0.15) is 0 Å². The lowest BCUT2D eigenvalue weighted by Gasteiger charge is -2.33. The van der Waals surface area contributed by atoms with Crippen LogP contribution in [0.5, 0.6) is 11.5 Å². The second-order valence-electron chi connectivity index (χ2n) is 9.83. The van der Waals surface area contributed by atoms with Gasteiger partial charge in [-0.3, -0.25) is 13.9 Å². The van der Waals surface area contributed by atoms with Crippen LogP contribution in [0.4, 0.5) is 5.69 Å². The van der Waals surface area contributed by atoms with Crippen molar-refractivity contribution in [3.05, 3.63) is 83.4 Å². The number of unbranched alkanes of at least 4 members (excludes halogenated alkanes) is 1. The second kappa shape index (κ2) is 16.2. The Kier molecular flexibility index (Phi) is 12.7. The maximum atomic E-state index is 14.2. The Morgan fingerprint density at radius 1 is 0.953 bits per heavy atom. The summed E-state index contributed by atoms with van der Waals surface area (Å²) in [5.41, 5.74) is 1.01. The van der Waals surface area contributed by atoms with Gasteiger partial charge in [-0.15, -0.1) is 0 Å². The number of rotatable bonds is 16. The van der Waals surface area contributed by atoms with Gasteiger partial charge in [-0.1, -0.05) is 44.0 Å². The highest BCUT2D eigenvalue weighted by Crippen LogP contribution is 2.28. The van der Waals surface area contributed by atoms with Crippen molar-refractivity contribution in [3.8, 4) is 11.5 Å². The third-order valence-electron chi connectivity index (χ3n) is 6.82. The molecule has 0 aliphatic carbocycles. The number of hydrogen-bond donors (Lipinski definition) is 1. The molecule has 2 amide bonds. The molecule has 0 aliphatic rings. The van der Waals surface area contributed by atoms with E-state index in [9.17, 15) is 18.0 Å². The molecule has 232 valence electrons. The number of benzene rings is 3. The Morgan fingerprint density at radius 2 is 1.65 bits per heavy atom. The van der Waals surface area contributed by atoms with Gasteiger partial charge in [0.1, 0.15) is 24.1 Å². The molecule has 0 aromatic heterocycles. The topological polar surface area (TPSA) is 105 Å². The van der Waals surface area contributed by atoms with E-state index in [1.165, 1.54) is 29.2 Å². The molecule has 0 saturated heterocycles. The Bertz CT molecular complexity index is 1450. The van der Waals surface area contributed by atoms with Gasteiger partial charge in [0.2, 0.25) is 11.8 Å². The van der Waals surface area contributed by atoms with E-state index in [-0.39, 0.29) is 23.0 Å². The van der Waals surface area contributed by atoms with Gasteiger partial charge in [0, 0.05) is 18.1 Å². The molecule has 11 heteroatoms. The van der Waals surface area contributed by atoms with Gasteiger partial charge in [0.15, 0.2) is 0 Å². The summed E-state index contributed by atoms with van der Waals surface area (Å²) in [7, 11) is -2.66. The van der Waals surface area contributed by atoms with E-state index in [1.54, 1.807) is 49.6 Å². The lowest BCUT2D eigenvalue weighted by molar-refractivity contribution is -0.140. The monoisotopic (exact) mass is 629 g/mol. The number of hydrogen-bond acceptors (Lipinski definition) is 6.